The van der Waals surface area contributed by atoms with E-state index in [4.69, 9.17) is 4.74 Å². The summed E-state index contributed by atoms with van der Waals surface area (Å²) < 4.78 is 5.40. The first-order valence-electron chi connectivity index (χ1n) is 6.68. The lowest BCUT2D eigenvalue weighted by molar-refractivity contribution is 0.151. The minimum Gasteiger partial charge on any atom is -0.494 e. The van der Waals surface area contributed by atoms with Gasteiger partial charge >= 0.3 is 0 Å². The number of hydrogen-bond donors (Lipinski definition) is 1. The van der Waals surface area contributed by atoms with E-state index >= 15 is 0 Å². The highest BCUT2D eigenvalue weighted by atomic mass is 16.5. The Labute approximate surface area is 114 Å². The monoisotopic (exact) mass is 256 g/mol. The Morgan fingerprint density at radius 1 is 0.947 bits per heavy atom. The van der Waals surface area contributed by atoms with Gasteiger partial charge < -0.3 is 9.84 Å². The predicted octanol–water partition coefficient (Wildman–Crippen LogP) is 3.92. The molecule has 1 N–H and O–H groups in total. The number of hydrogen-bond acceptors (Lipinski definition) is 2. The molecule has 0 amide bonds. The number of aliphatic hydroxyl groups is 1. The van der Waals surface area contributed by atoms with Crippen molar-refractivity contribution in [1.82, 2.24) is 0 Å². The van der Waals surface area contributed by atoms with Crippen LogP contribution >= 0.6 is 0 Å². The Balaban J connectivity index is 2.12. The van der Waals surface area contributed by atoms with E-state index < -0.39 is 6.10 Å². The van der Waals surface area contributed by atoms with Crippen LogP contribution in [0.2, 0.25) is 0 Å². The molecule has 0 aliphatic carbocycles. The Bertz CT molecular complexity index is 490. The van der Waals surface area contributed by atoms with Gasteiger partial charge in [-0.3, -0.25) is 0 Å². The maximum absolute atomic E-state index is 10.4. The zero-order valence-electron chi connectivity index (χ0n) is 11.4. The van der Waals surface area contributed by atoms with Gasteiger partial charge in [-0.2, -0.15) is 0 Å². The van der Waals surface area contributed by atoms with Gasteiger partial charge in [0.05, 0.1) is 12.7 Å². The lowest BCUT2D eigenvalue weighted by Gasteiger charge is -2.20. The molecule has 0 heterocycles. The van der Waals surface area contributed by atoms with E-state index in [1.165, 1.54) is 0 Å². The van der Waals surface area contributed by atoms with E-state index in [2.05, 4.69) is 0 Å². The van der Waals surface area contributed by atoms with Gasteiger partial charge in [0, 0.05) is 5.92 Å². The van der Waals surface area contributed by atoms with Crippen LogP contribution in [0.1, 0.15) is 37.0 Å². The van der Waals surface area contributed by atoms with E-state index in [1.807, 2.05) is 68.4 Å². The van der Waals surface area contributed by atoms with Crippen LogP contribution in [0, 0.1) is 0 Å². The molecule has 2 atom stereocenters. The van der Waals surface area contributed by atoms with Gasteiger partial charge in [0.2, 0.25) is 0 Å². The molecule has 0 fully saturated rings. The molecule has 0 spiro atoms. The maximum Gasteiger partial charge on any atom is 0.119 e. The minimum atomic E-state index is -0.502. The van der Waals surface area contributed by atoms with Crippen molar-refractivity contribution in [3.8, 4) is 5.75 Å². The normalized spacial score (nSPS) is 13.8. The molecule has 100 valence electrons. The predicted molar refractivity (Wildman–Crippen MR) is 77.4 cm³/mol. The van der Waals surface area contributed by atoms with Crippen LogP contribution in [0.4, 0.5) is 0 Å². The summed E-state index contributed by atoms with van der Waals surface area (Å²) in [5.74, 6) is 0.907. The van der Waals surface area contributed by atoms with Gasteiger partial charge in [0.25, 0.3) is 0 Å². The summed E-state index contributed by atoms with van der Waals surface area (Å²) in [4.78, 5) is 0. The molecule has 2 heteroatoms. The van der Waals surface area contributed by atoms with Crippen molar-refractivity contribution in [2.24, 2.45) is 0 Å². The van der Waals surface area contributed by atoms with Crippen molar-refractivity contribution in [1.29, 1.82) is 0 Å². The lowest BCUT2D eigenvalue weighted by Crippen LogP contribution is -2.07. The van der Waals surface area contributed by atoms with Crippen molar-refractivity contribution < 1.29 is 9.84 Å². The van der Waals surface area contributed by atoms with Crippen LogP contribution in [-0.2, 0) is 0 Å². The third-order valence-electron chi connectivity index (χ3n) is 3.33. The van der Waals surface area contributed by atoms with Crippen LogP contribution in [0.3, 0.4) is 0 Å². The van der Waals surface area contributed by atoms with Crippen LogP contribution < -0.4 is 4.74 Å². The number of aliphatic hydroxyl groups excluding tert-OH is 1. The molecule has 19 heavy (non-hydrogen) atoms. The molecule has 0 bridgehead atoms. The van der Waals surface area contributed by atoms with E-state index in [0.717, 1.165) is 16.9 Å². The molecule has 0 saturated carbocycles. The summed E-state index contributed by atoms with van der Waals surface area (Å²) in [5.41, 5.74) is 2.06. The van der Waals surface area contributed by atoms with Crippen molar-refractivity contribution in [3.63, 3.8) is 0 Å². The van der Waals surface area contributed by atoms with Crippen LogP contribution in [-0.4, -0.2) is 11.7 Å². The molecule has 0 aliphatic heterocycles. The Hall–Kier alpha value is -1.80. The molecule has 2 aromatic carbocycles. The first kappa shape index (κ1) is 13.6. The molecule has 2 unspecified atom stereocenters. The second-order valence-corrected chi connectivity index (χ2v) is 4.65. The largest absolute Gasteiger partial charge is 0.494 e. The third-order valence-corrected chi connectivity index (χ3v) is 3.33. The van der Waals surface area contributed by atoms with Crippen LogP contribution in [0.5, 0.6) is 5.75 Å². The summed E-state index contributed by atoms with van der Waals surface area (Å²) in [7, 11) is 0. The zero-order valence-corrected chi connectivity index (χ0v) is 11.4. The molecule has 0 radical (unpaired) electrons. The minimum absolute atomic E-state index is 0.0687. The Morgan fingerprint density at radius 2 is 1.58 bits per heavy atom. The first-order chi connectivity index (χ1) is 9.22. The molecule has 2 nitrogen and oxygen atoms in total. The highest BCUT2D eigenvalue weighted by Crippen LogP contribution is 2.31. The van der Waals surface area contributed by atoms with Crippen LogP contribution in [0.15, 0.2) is 54.6 Å². The molecule has 0 saturated heterocycles. The first-order valence-corrected chi connectivity index (χ1v) is 6.68. The van der Waals surface area contributed by atoms with E-state index in [9.17, 15) is 5.11 Å². The third kappa shape index (κ3) is 3.36. The van der Waals surface area contributed by atoms with Gasteiger partial charge in [-0.25, -0.2) is 0 Å². The lowest BCUT2D eigenvalue weighted by atomic mass is 9.91. The van der Waals surface area contributed by atoms with Crippen LogP contribution in [0.25, 0.3) is 0 Å². The smallest absolute Gasteiger partial charge is 0.119 e. The number of rotatable bonds is 5. The summed E-state index contributed by atoms with van der Waals surface area (Å²) in [6.45, 7) is 4.65. The van der Waals surface area contributed by atoms with Gasteiger partial charge in [-0.05, 0) is 30.2 Å². The standard InChI is InChI=1S/C17H20O2/c1-3-19-16-11-9-15(10-12-16)17(18)13(2)14-7-5-4-6-8-14/h4-13,17-18H,3H2,1-2H3. The molecule has 2 rings (SSSR count). The average molecular weight is 256 g/mol. The van der Waals surface area contributed by atoms with Gasteiger partial charge in [0.15, 0.2) is 0 Å². The summed E-state index contributed by atoms with van der Waals surface area (Å²) >= 11 is 0. The van der Waals surface area contributed by atoms with Gasteiger partial charge in [0.1, 0.15) is 5.75 Å². The van der Waals surface area contributed by atoms with Crippen molar-refractivity contribution in [3.05, 3.63) is 65.7 Å². The molecule has 0 aromatic heterocycles. The maximum atomic E-state index is 10.4. The van der Waals surface area contributed by atoms with Crippen molar-refractivity contribution in [2.45, 2.75) is 25.9 Å². The summed E-state index contributed by atoms with van der Waals surface area (Å²) in [5, 5.41) is 10.4. The fourth-order valence-electron chi connectivity index (χ4n) is 2.16. The Kier molecular flexibility index (Phi) is 4.58. The van der Waals surface area contributed by atoms with Crippen molar-refractivity contribution >= 4 is 0 Å². The number of benzene rings is 2. The van der Waals surface area contributed by atoms with E-state index in [0.29, 0.717) is 6.61 Å². The average Bonchev–Trinajstić information content (AvgIpc) is 2.48. The Morgan fingerprint density at radius 3 is 2.16 bits per heavy atom. The topological polar surface area (TPSA) is 29.5 Å². The molecular formula is C17H20O2. The van der Waals surface area contributed by atoms with Gasteiger partial charge in [-0.1, -0.05) is 49.4 Å². The van der Waals surface area contributed by atoms with Gasteiger partial charge in [-0.15, -0.1) is 0 Å². The second-order valence-electron chi connectivity index (χ2n) is 4.65. The fraction of sp³-hybridized carbons (Fsp3) is 0.294. The highest BCUT2D eigenvalue weighted by molar-refractivity contribution is 5.31. The summed E-state index contributed by atoms with van der Waals surface area (Å²) in [6, 6.07) is 17.7. The highest BCUT2D eigenvalue weighted by Gasteiger charge is 2.17. The quantitative estimate of drug-likeness (QED) is 0.878. The molecular weight excluding hydrogens is 236 g/mol. The molecule has 2 aromatic rings. The number of ether oxygens (including phenoxy) is 1. The van der Waals surface area contributed by atoms with Crippen molar-refractivity contribution in [2.75, 3.05) is 6.61 Å². The summed E-state index contributed by atoms with van der Waals surface area (Å²) in [6.07, 6.45) is -0.502. The fourth-order valence-corrected chi connectivity index (χ4v) is 2.16. The van der Waals surface area contributed by atoms with E-state index in [1.54, 1.807) is 0 Å². The van der Waals surface area contributed by atoms with E-state index in [-0.39, 0.29) is 5.92 Å². The zero-order chi connectivity index (χ0) is 13.7. The SMILES string of the molecule is CCOc1ccc(C(O)C(C)c2ccccc2)cc1. The second kappa shape index (κ2) is 6.39. The molecule has 0 aliphatic rings.